The highest BCUT2D eigenvalue weighted by molar-refractivity contribution is 6.31. The summed E-state index contributed by atoms with van der Waals surface area (Å²) in [7, 11) is 3.70. The number of aromatic nitrogens is 4. The first-order valence-corrected chi connectivity index (χ1v) is 7.90. The monoisotopic (exact) mass is 343 g/mol. The first-order chi connectivity index (χ1) is 11.5. The molecule has 3 rings (SSSR count). The molecule has 124 valence electrons. The van der Waals surface area contributed by atoms with Crippen LogP contribution in [0.3, 0.4) is 0 Å². The van der Waals surface area contributed by atoms with Crippen molar-refractivity contribution in [2.75, 3.05) is 0 Å². The third-order valence-corrected chi connectivity index (χ3v) is 4.35. The number of amides is 1. The van der Waals surface area contributed by atoms with Crippen LogP contribution in [-0.4, -0.2) is 25.2 Å². The Kier molecular flexibility index (Phi) is 4.40. The van der Waals surface area contributed by atoms with Gasteiger partial charge in [0.25, 0.3) is 0 Å². The van der Waals surface area contributed by atoms with Gasteiger partial charge in [-0.25, -0.2) is 4.98 Å². The van der Waals surface area contributed by atoms with Crippen LogP contribution < -0.4 is 5.32 Å². The van der Waals surface area contributed by atoms with Crippen LogP contribution in [0.1, 0.15) is 17.1 Å². The number of imidazole rings is 1. The van der Waals surface area contributed by atoms with E-state index in [0.717, 1.165) is 28.1 Å². The number of aryl methyl sites for hydroxylation is 3. The minimum Gasteiger partial charge on any atom is -0.345 e. The fourth-order valence-electron chi connectivity index (χ4n) is 2.57. The molecule has 1 aromatic carbocycles. The largest absolute Gasteiger partial charge is 0.345 e. The van der Waals surface area contributed by atoms with Gasteiger partial charge in [0.1, 0.15) is 11.0 Å². The van der Waals surface area contributed by atoms with E-state index in [1.807, 2.05) is 42.8 Å². The number of halogens is 1. The van der Waals surface area contributed by atoms with E-state index in [4.69, 9.17) is 11.6 Å². The van der Waals surface area contributed by atoms with Crippen molar-refractivity contribution in [2.24, 2.45) is 14.1 Å². The van der Waals surface area contributed by atoms with Gasteiger partial charge in [0.2, 0.25) is 5.91 Å². The second kappa shape index (κ2) is 6.49. The molecule has 0 saturated carbocycles. The molecule has 24 heavy (non-hydrogen) atoms. The highest BCUT2D eigenvalue weighted by atomic mass is 35.5. The molecule has 2 heterocycles. The van der Waals surface area contributed by atoms with Gasteiger partial charge in [-0.05, 0) is 25.1 Å². The van der Waals surface area contributed by atoms with Crippen LogP contribution >= 0.6 is 11.6 Å². The molecule has 0 aliphatic rings. The number of hydrogen-bond donors (Lipinski definition) is 1. The predicted octanol–water partition coefficient (Wildman–Crippen LogP) is 2.60. The van der Waals surface area contributed by atoms with Crippen LogP contribution in [0.5, 0.6) is 0 Å². The van der Waals surface area contributed by atoms with Gasteiger partial charge in [0, 0.05) is 25.7 Å². The fraction of sp³-hybridized carbons (Fsp3) is 0.235. The maximum Gasteiger partial charge on any atom is 0.244 e. The topological polar surface area (TPSA) is 64.7 Å². The molecule has 6 nitrogen and oxygen atoms in total. The zero-order chi connectivity index (χ0) is 17.3. The number of carbonyl (C=O) groups is 1. The predicted molar refractivity (Wildman–Crippen MR) is 94.5 cm³/mol. The maximum atomic E-state index is 12.0. The van der Waals surface area contributed by atoms with Gasteiger partial charge in [-0.1, -0.05) is 23.7 Å². The SMILES string of the molecule is Cc1nn(C)c(Cl)c1/C=C/C(=O)NCc1nc2ccccc2n1C. The summed E-state index contributed by atoms with van der Waals surface area (Å²) >= 11 is 6.14. The van der Waals surface area contributed by atoms with Gasteiger partial charge in [0.05, 0.1) is 23.3 Å². The molecule has 7 heteroatoms. The average molecular weight is 344 g/mol. The standard InChI is InChI=1S/C17H18ClN5O/c1-11-12(17(18)23(3)21-11)8-9-16(24)19-10-15-20-13-6-4-5-7-14(13)22(15)2/h4-9H,10H2,1-3H3,(H,19,24)/b9-8+. The highest BCUT2D eigenvalue weighted by Crippen LogP contribution is 2.20. The summed E-state index contributed by atoms with van der Waals surface area (Å²) in [6.07, 6.45) is 3.13. The lowest BCUT2D eigenvalue weighted by atomic mass is 10.2. The molecular formula is C17H18ClN5O. The first-order valence-electron chi connectivity index (χ1n) is 7.52. The number of nitrogens with zero attached hydrogens (tertiary/aromatic N) is 4. The van der Waals surface area contributed by atoms with Gasteiger partial charge in [-0.2, -0.15) is 5.10 Å². The zero-order valence-electron chi connectivity index (χ0n) is 13.7. The van der Waals surface area contributed by atoms with Crippen molar-refractivity contribution < 1.29 is 4.79 Å². The molecule has 0 atom stereocenters. The number of fused-ring (bicyclic) bond motifs is 1. The van der Waals surface area contributed by atoms with E-state index >= 15 is 0 Å². The molecule has 0 fully saturated rings. The molecule has 1 N–H and O–H groups in total. The number of rotatable bonds is 4. The van der Waals surface area contributed by atoms with Gasteiger partial charge >= 0.3 is 0 Å². The van der Waals surface area contributed by atoms with Crippen LogP contribution in [0.15, 0.2) is 30.3 Å². The molecule has 1 amide bonds. The fourth-order valence-corrected chi connectivity index (χ4v) is 2.81. The highest BCUT2D eigenvalue weighted by Gasteiger charge is 2.10. The molecular weight excluding hydrogens is 326 g/mol. The summed E-state index contributed by atoms with van der Waals surface area (Å²) in [5.74, 6) is 0.593. The van der Waals surface area contributed by atoms with Crippen LogP contribution in [0.25, 0.3) is 17.1 Å². The van der Waals surface area contributed by atoms with Crippen LogP contribution in [0, 0.1) is 6.92 Å². The summed E-state index contributed by atoms with van der Waals surface area (Å²) in [6.45, 7) is 2.21. The quantitative estimate of drug-likeness (QED) is 0.740. The summed E-state index contributed by atoms with van der Waals surface area (Å²) in [6, 6.07) is 7.87. The zero-order valence-corrected chi connectivity index (χ0v) is 14.5. The minimum atomic E-state index is -0.207. The van der Waals surface area contributed by atoms with Crippen LogP contribution in [0.4, 0.5) is 0 Å². The lowest BCUT2D eigenvalue weighted by Crippen LogP contribution is -2.22. The molecule has 0 unspecified atom stereocenters. The van der Waals surface area contributed by atoms with Gasteiger partial charge in [0.15, 0.2) is 0 Å². The third-order valence-electron chi connectivity index (χ3n) is 3.90. The Bertz CT molecular complexity index is 938. The number of para-hydroxylation sites is 2. The summed E-state index contributed by atoms with van der Waals surface area (Å²) in [5.41, 5.74) is 3.48. The molecule has 2 aromatic heterocycles. The van der Waals surface area contributed by atoms with Gasteiger partial charge in [-0.15, -0.1) is 0 Å². The Morgan fingerprint density at radius 1 is 1.33 bits per heavy atom. The Morgan fingerprint density at radius 3 is 2.75 bits per heavy atom. The minimum absolute atomic E-state index is 0.207. The molecule has 0 spiro atoms. The van der Waals surface area contributed by atoms with E-state index in [1.54, 1.807) is 17.8 Å². The van der Waals surface area contributed by atoms with E-state index in [1.165, 1.54) is 6.08 Å². The van der Waals surface area contributed by atoms with E-state index in [0.29, 0.717) is 11.7 Å². The summed E-state index contributed by atoms with van der Waals surface area (Å²) in [4.78, 5) is 16.6. The molecule has 0 bridgehead atoms. The van der Waals surface area contributed by atoms with Crippen molar-refractivity contribution in [2.45, 2.75) is 13.5 Å². The lowest BCUT2D eigenvalue weighted by Gasteiger charge is -2.03. The average Bonchev–Trinajstić information content (AvgIpc) is 3.01. The number of nitrogens with one attached hydrogen (secondary N) is 1. The van der Waals surface area contributed by atoms with Crippen molar-refractivity contribution in [3.63, 3.8) is 0 Å². The third kappa shape index (κ3) is 3.05. The van der Waals surface area contributed by atoms with E-state index < -0.39 is 0 Å². The van der Waals surface area contributed by atoms with E-state index in [2.05, 4.69) is 15.4 Å². The van der Waals surface area contributed by atoms with Crippen molar-refractivity contribution >= 4 is 34.6 Å². The lowest BCUT2D eigenvalue weighted by molar-refractivity contribution is -0.116. The normalized spacial score (nSPS) is 11.5. The van der Waals surface area contributed by atoms with Crippen molar-refractivity contribution in [3.8, 4) is 0 Å². The Hall–Kier alpha value is -2.60. The molecule has 0 aliphatic heterocycles. The van der Waals surface area contributed by atoms with Crippen molar-refractivity contribution in [3.05, 3.63) is 52.6 Å². The molecule has 0 aliphatic carbocycles. The Labute approximate surface area is 144 Å². The number of benzene rings is 1. The van der Waals surface area contributed by atoms with Gasteiger partial charge in [-0.3, -0.25) is 9.48 Å². The smallest absolute Gasteiger partial charge is 0.244 e. The number of hydrogen-bond acceptors (Lipinski definition) is 3. The first kappa shape index (κ1) is 16.3. The van der Waals surface area contributed by atoms with E-state index in [9.17, 15) is 4.79 Å². The van der Waals surface area contributed by atoms with Crippen molar-refractivity contribution in [1.82, 2.24) is 24.6 Å². The maximum absolute atomic E-state index is 12.0. The van der Waals surface area contributed by atoms with Gasteiger partial charge < -0.3 is 9.88 Å². The Morgan fingerprint density at radius 2 is 2.08 bits per heavy atom. The van der Waals surface area contributed by atoms with Crippen LogP contribution in [0.2, 0.25) is 5.15 Å². The molecule has 0 saturated heterocycles. The summed E-state index contributed by atoms with van der Waals surface area (Å²) < 4.78 is 3.55. The molecule has 0 radical (unpaired) electrons. The molecule has 3 aromatic rings. The van der Waals surface area contributed by atoms with E-state index in [-0.39, 0.29) is 5.91 Å². The second-order valence-electron chi connectivity index (χ2n) is 5.54. The number of carbonyl (C=O) groups excluding carboxylic acids is 1. The van der Waals surface area contributed by atoms with Crippen LogP contribution in [-0.2, 0) is 25.4 Å². The van der Waals surface area contributed by atoms with Crippen molar-refractivity contribution in [1.29, 1.82) is 0 Å². The second-order valence-corrected chi connectivity index (χ2v) is 5.90. The summed E-state index contributed by atoms with van der Waals surface area (Å²) in [5, 5.41) is 7.55. The Balaban J connectivity index is 1.69.